The molecule has 6 heteroatoms. The molecular formula is C13H26N2O3S. The minimum absolute atomic E-state index is 0.0496. The van der Waals surface area contributed by atoms with Crippen molar-refractivity contribution in [1.82, 2.24) is 9.62 Å². The van der Waals surface area contributed by atoms with E-state index in [1.54, 1.807) is 0 Å². The smallest absolute Gasteiger partial charge is 0.214 e. The van der Waals surface area contributed by atoms with Crippen LogP contribution in [0.4, 0.5) is 0 Å². The third-order valence-electron chi connectivity index (χ3n) is 4.15. The third kappa shape index (κ3) is 4.41. The fourth-order valence-corrected chi connectivity index (χ4v) is 4.56. The Hall–Kier alpha value is -0.170. The normalized spacial score (nSPS) is 33.7. The number of likely N-dealkylation sites (tertiary alicyclic amines) is 1. The van der Waals surface area contributed by atoms with Crippen LogP contribution in [0.25, 0.3) is 0 Å². The number of ether oxygens (including phenoxy) is 1. The lowest BCUT2D eigenvalue weighted by molar-refractivity contribution is 0.0303. The van der Waals surface area contributed by atoms with Crippen LogP contribution in [0.3, 0.4) is 0 Å². The molecule has 0 saturated carbocycles. The SMILES string of the molecule is CCN1C[C@H](C)[C@H](NS(=O)(=O)C[C@H]2CCCCO2)C1. The predicted octanol–water partition coefficient (Wildman–Crippen LogP) is 0.815. The second-order valence-electron chi connectivity index (χ2n) is 5.82. The molecule has 2 aliphatic heterocycles. The van der Waals surface area contributed by atoms with Crippen molar-refractivity contribution in [2.75, 3.05) is 32.0 Å². The van der Waals surface area contributed by atoms with Gasteiger partial charge in [0, 0.05) is 25.7 Å². The number of likely N-dealkylation sites (N-methyl/N-ethyl adjacent to an activating group) is 1. The van der Waals surface area contributed by atoms with Gasteiger partial charge in [0.05, 0.1) is 11.9 Å². The summed E-state index contributed by atoms with van der Waals surface area (Å²) in [5, 5.41) is 0. The Balaban J connectivity index is 1.86. The molecule has 0 amide bonds. The summed E-state index contributed by atoms with van der Waals surface area (Å²) in [6.45, 7) is 7.70. The van der Waals surface area contributed by atoms with Gasteiger partial charge in [-0.2, -0.15) is 0 Å². The Labute approximate surface area is 116 Å². The maximum absolute atomic E-state index is 12.2. The van der Waals surface area contributed by atoms with Crippen LogP contribution in [-0.2, 0) is 14.8 Å². The Morgan fingerprint density at radius 3 is 2.68 bits per heavy atom. The van der Waals surface area contributed by atoms with Crippen LogP contribution in [-0.4, -0.2) is 57.5 Å². The highest BCUT2D eigenvalue weighted by Crippen LogP contribution is 2.18. The summed E-state index contributed by atoms with van der Waals surface area (Å²) in [6.07, 6.45) is 2.87. The van der Waals surface area contributed by atoms with Crippen LogP contribution in [0, 0.1) is 5.92 Å². The quantitative estimate of drug-likeness (QED) is 0.814. The molecule has 2 aliphatic rings. The molecule has 2 rings (SSSR count). The Morgan fingerprint density at radius 2 is 2.11 bits per heavy atom. The lowest BCUT2D eigenvalue weighted by Gasteiger charge is -2.24. The average Bonchev–Trinajstić information content (AvgIpc) is 2.70. The number of rotatable bonds is 5. The van der Waals surface area contributed by atoms with Crippen molar-refractivity contribution in [3.63, 3.8) is 0 Å². The first kappa shape index (κ1) is 15.2. The van der Waals surface area contributed by atoms with Gasteiger partial charge in [-0.15, -0.1) is 0 Å². The second-order valence-corrected chi connectivity index (χ2v) is 7.62. The van der Waals surface area contributed by atoms with Gasteiger partial charge in [-0.1, -0.05) is 13.8 Å². The maximum atomic E-state index is 12.2. The van der Waals surface area contributed by atoms with Gasteiger partial charge in [-0.25, -0.2) is 13.1 Å². The Bertz CT molecular complexity index is 379. The summed E-state index contributed by atoms with van der Waals surface area (Å²) in [5.41, 5.74) is 0. The lowest BCUT2D eigenvalue weighted by atomic mass is 10.1. The van der Waals surface area contributed by atoms with Crippen molar-refractivity contribution in [2.45, 2.75) is 45.3 Å². The zero-order valence-electron chi connectivity index (χ0n) is 12.0. The maximum Gasteiger partial charge on any atom is 0.214 e. The molecule has 1 N–H and O–H groups in total. The standard InChI is InChI=1S/C13H26N2O3S/c1-3-15-8-11(2)13(9-15)14-19(16,17)10-12-6-4-5-7-18-12/h11-14H,3-10H2,1-2H3/t11-,12+,13+/m0/s1. The molecule has 0 bridgehead atoms. The fraction of sp³-hybridized carbons (Fsp3) is 1.00. The molecule has 2 heterocycles. The van der Waals surface area contributed by atoms with Crippen LogP contribution in [0.5, 0.6) is 0 Å². The van der Waals surface area contributed by atoms with E-state index in [4.69, 9.17) is 4.74 Å². The van der Waals surface area contributed by atoms with Gasteiger partial charge >= 0.3 is 0 Å². The van der Waals surface area contributed by atoms with Crippen LogP contribution >= 0.6 is 0 Å². The van der Waals surface area contributed by atoms with Gasteiger partial charge in [0.15, 0.2) is 0 Å². The highest BCUT2D eigenvalue weighted by atomic mass is 32.2. The first-order chi connectivity index (χ1) is 9.00. The molecule has 0 aromatic carbocycles. The molecule has 0 radical (unpaired) electrons. The van der Waals surface area contributed by atoms with E-state index in [1.165, 1.54) is 0 Å². The molecule has 0 aromatic heterocycles. The zero-order valence-corrected chi connectivity index (χ0v) is 12.8. The fourth-order valence-electron chi connectivity index (χ4n) is 2.94. The van der Waals surface area contributed by atoms with Crippen LogP contribution in [0.2, 0.25) is 0 Å². The average molecular weight is 290 g/mol. The van der Waals surface area contributed by atoms with Gasteiger partial charge < -0.3 is 9.64 Å². The minimum Gasteiger partial charge on any atom is -0.377 e. The van der Waals surface area contributed by atoms with Gasteiger partial charge in [0.25, 0.3) is 0 Å². The van der Waals surface area contributed by atoms with Gasteiger partial charge in [-0.3, -0.25) is 0 Å². The molecule has 0 spiro atoms. The van der Waals surface area contributed by atoms with Crippen molar-refractivity contribution in [2.24, 2.45) is 5.92 Å². The monoisotopic (exact) mass is 290 g/mol. The molecule has 112 valence electrons. The van der Waals surface area contributed by atoms with E-state index in [2.05, 4.69) is 23.5 Å². The van der Waals surface area contributed by atoms with E-state index in [0.717, 1.165) is 38.9 Å². The van der Waals surface area contributed by atoms with E-state index < -0.39 is 10.0 Å². The van der Waals surface area contributed by atoms with Crippen molar-refractivity contribution in [3.05, 3.63) is 0 Å². The molecule has 3 atom stereocenters. The van der Waals surface area contributed by atoms with E-state index >= 15 is 0 Å². The minimum atomic E-state index is -3.23. The topological polar surface area (TPSA) is 58.6 Å². The van der Waals surface area contributed by atoms with Crippen LogP contribution in [0.1, 0.15) is 33.1 Å². The van der Waals surface area contributed by atoms with Crippen molar-refractivity contribution >= 4 is 10.0 Å². The van der Waals surface area contributed by atoms with Crippen molar-refractivity contribution in [3.8, 4) is 0 Å². The summed E-state index contributed by atoms with van der Waals surface area (Å²) < 4.78 is 32.8. The molecule has 0 aromatic rings. The number of hydrogen-bond donors (Lipinski definition) is 1. The first-order valence-electron chi connectivity index (χ1n) is 7.34. The highest BCUT2D eigenvalue weighted by molar-refractivity contribution is 7.89. The summed E-state index contributed by atoms with van der Waals surface area (Å²) in [4.78, 5) is 2.29. The van der Waals surface area contributed by atoms with E-state index in [1.807, 2.05) is 0 Å². The first-order valence-corrected chi connectivity index (χ1v) is 8.99. The molecule has 5 nitrogen and oxygen atoms in total. The molecule has 2 saturated heterocycles. The van der Waals surface area contributed by atoms with Gasteiger partial charge in [-0.05, 0) is 31.7 Å². The molecule has 2 fully saturated rings. The molecule has 0 aliphatic carbocycles. The summed E-state index contributed by atoms with van der Waals surface area (Å²) in [6, 6.07) is 0.0496. The molecule has 19 heavy (non-hydrogen) atoms. The second kappa shape index (κ2) is 6.52. The Morgan fingerprint density at radius 1 is 1.32 bits per heavy atom. The van der Waals surface area contributed by atoms with Gasteiger partial charge in [0.1, 0.15) is 0 Å². The van der Waals surface area contributed by atoms with E-state index in [0.29, 0.717) is 12.5 Å². The number of nitrogens with zero attached hydrogens (tertiary/aromatic N) is 1. The van der Waals surface area contributed by atoms with E-state index in [-0.39, 0.29) is 17.9 Å². The van der Waals surface area contributed by atoms with Crippen LogP contribution in [0.15, 0.2) is 0 Å². The van der Waals surface area contributed by atoms with Crippen molar-refractivity contribution in [1.29, 1.82) is 0 Å². The number of sulfonamides is 1. The predicted molar refractivity (Wildman–Crippen MR) is 75.6 cm³/mol. The zero-order chi connectivity index (χ0) is 13.9. The Kier molecular flexibility index (Phi) is 5.22. The third-order valence-corrected chi connectivity index (χ3v) is 5.62. The number of hydrogen-bond acceptors (Lipinski definition) is 4. The summed E-state index contributed by atoms with van der Waals surface area (Å²) in [5.74, 6) is 0.490. The summed E-state index contributed by atoms with van der Waals surface area (Å²) in [7, 11) is -3.23. The lowest BCUT2D eigenvalue weighted by Crippen LogP contribution is -2.43. The summed E-state index contributed by atoms with van der Waals surface area (Å²) >= 11 is 0. The molecular weight excluding hydrogens is 264 g/mol. The molecule has 0 unspecified atom stereocenters. The number of nitrogens with one attached hydrogen (secondary N) is 1. The highest BCUT2D eigenvalue weighted by Gasteiger charge is 2.32. The van der Waals surface area contributed by atoms with Gasteiger partial charge in [0.2, 0.25) is 10.0 Å². The van der Waals surface area contributed by atoms with Crippen LogP contribution < -0.4 is 4.72 Å². The van der Waals surface area contributed by atoms with Crippen molar-refractivity contribution < 1.29 is 13.2 Å². The largest absolute Gasteiger partial charge is 0.377 e. The van der Waals surface area contributed by atoms with E-state index in [9.17, 15) is 8.42 Å².